The summed E-state index contributed by atoms with van der Waals surface area (Å²) in [5.41, 5.74) is 0.905. The van der Waals surface area contributed by atoms with Crippen LogP contribution >= 0.6 is 0 Å². The van der Waals surface area contributed by atoms with Crippen LogP contribution in [-0.2, 0) is 4.79 Å². The molecule has 2 fully saturated rings. The Bertz CT molecular complexity index is 449. The largest absolute Gasteiger partial charge is 0.481 e. The number of carboxylic acids is 1. The molecule has 0 amide bonds. The molecule has 3 rings (SSSR count). The monoisotopic (exact) mass is 274 g/mol. The Kier molecular flexibility index (Phi) is 4.03. The van der Waals surface area contributed by atoms with Gasteiger partial charge in [0.05, 0.1) is 5.92 Å². The Labute approximate surface area is 119 Å². The van der Waals surface area contributed by atoms with Gasteiger partial charge in [-0.05, 0) is 30.9 Å². The van der Waals surface area contributed by atoms with Gasteiger partial charge in [0.25, 0.3) is 0 Å². The zero-order valence-electron chi connectivity index (χ0n) is 11.7. The van der Waals surface area contributed by atoms with E-state index in [9.17, 15) is 9.90 Å². The lowest BCUT2D eigenvalue weighted by Crippen LogP contribution is -2.41. The van der Waals surface area contributed by atoms with E-state index in [1.165, 1.54) is 12.8 Å². The second kappa shape index (κ2) is 5.94. The molecule has 1 aromatic carbocycles. The van der Waals surface area contributed by atoms with Gasteiger partial charge in [-0.2, -0.15) is 0 Å². The van der Waals surface area contributed by atoms with Crippen molar-refractivity contribution in [2.75, 3.05) is 26.2 Å². The number of hydrogen-bond acceptors (Lipinski definition) is 3. The number of nitrogens with zero attached hydrogens (tertiary/aromatic N) is 1. The number of piperidine rings is 1. The standard InChI is InChI=1S/C16H22N2O2/c19-16(20)14(12-5-2-1-3-6-12)10-18-9-13-7-4-8-17-15(13)11-18/h1-3,5-6,13-15,17H,4,7-11H2,(H,19,20). The van der Waals surface area contributed by atoms with Crippen molar-refractivity contribution in [1.82, 2.24) is 10.2 Å². The predicted molar refractivity (Wildman–Crippen MR) is 77.8 cm³/mol. The molecule has 108 valence electrons. The molecule has 0 aromatic heterocycles. The Morgan fingerprint density at radius 2 is 2.15 bits per heavy atom. The van der Waals surface area contributed by atoms with E-state index in [4.69, 9.17) is 0 Å². The van der Waals surface area contributed by atoms with Crippen LogP contribution in [0.1, 0.15) is 24.3 Å². The molecule has 2 aliphatic rings. The molecule has 0 saturated carbocycles. The van der Waals surface area contributed by atoms with Crippen LogP contribution in [-0.4, -0.2) is 48.2 Å². The van der Waals surface area contributed by atoms with Crippen molar-refractivity contribution in [2.45, 2.75) is 24.8 Å². The van der Waals surface area contributed by atoms with Crippen LogP contribution < -0.4 is 5.32 Å². The SMILES string of the molecule is O=C(O)C(CN1CC2CCCNC2C1)c1ccccc1. The fourth-order valence-electron chi connectivity index (χ4n) is 3.55. The van der Waals surface area contributed by atoms with Gasteiger partial charge in [-0.25, -0.2) is 0 Å². The third kappa shape index (κ3) is 2.86. The highest BCUT2D eigenvalue weighted by molar-refractivity contribution is 5.76. The summed E-state index contributed by atoms with van der Waals surface area (Å²) in [6.45, 7) is 3.75. The van der Waals surface area contributed by atoms with Crippen molar-refractivity contribution < 1.29 is 9.90 Å². The van der Waals surface area contributed by atoms with Gasteiger partial charge in [0.15, 0.2) is 0 Å². The summed E-state index contributed by atoms with van der Waals surface area (Å²) in [5, 5.41) is 13.1. The Morgan fingerprint density at radius 3 is 2.85 bits per heavy atom. The first-order valence-corrected chi connectivity index (χ1v) is 7.47. The average molecular weight is 274 g/mol. The Hall–Kier alpha value is -1.39. The first-order chi connectivity index (χ1) is 9.74. The minimum Gasteiger partial charge on any atom is -0.481 e. The molecule has 1 aromatic rings. The molecule has 3 atom stereocenters. The van der Waals surface area contributed by atoms with Crippen LogP contribution in [0.25, 0.3) is 0 Å². The van der Waals surface area contributed by atoms with Gasteiger partial charge in [-0.3, -0.25) is 4.79 Å². The number of carbonyl (C=O) groups is 1. The number of aliphatic carboxylic acids is 1. The third-order valence-corrected chi connectivity index (χ3v) is 4.62. The van der Waals surface area contributed by atoms with Crippen LogP contribution in [0.3, 0.4) is 0 Å². The van der Waals surface area contributed by atoms with E-state index in [0.29, 0.717) is 18.5 Å². The molecular formula is C16H22N2O2. The zero-order valence-corrected chi connectivity index (χ0v) is 11.7. The second-order valence-corrected chi connectivity index (χ2v) is 5.98. The van der Waals surface area contributed by atoms with Gasteiger partial charge in [0.2, 0.25) is 0 Å². The highest BCUT2D eigenvalue weighted by Crippen LogP contribution is 2.27. The quantitative estimate of drug-likeness (QED) is 0.874. The molecule has 4 heteroatoms. The first-order valence-electron chi connectivity index (χ1n) is 7.47. The van der Waals surface area contributed by atoms with Gasteiger partial charge in [-0.1, -0.05) is 30.3 Å². The lowest BCUT2D eigenvalue weighted by molar-refractivity contribution is -0.139. The van der Waals surface area contributed by atoms with Gasteiger partial charge >= 0.3 is 5.97 Å². The van der Waals surface area contributed by atoms with E-state index in [1.807, 2.05) is 30.3 Å². The zero-order chi connectivity index (χ0) is 13.9. The maximum Gasteiger partial charge on any atom is 0.312 e. The maximum absolute atomic E-state index is 11.6. The van der Waals surface area contributed by atoms with Crippen molar-refractivity contribution in [1.29, 1.82) is 0 Å². The molecular weight excluding hydrogens is 252 g/mol. The highest BCUT2D eigenvalue weighted by atomic mass is 16.4. The molecule has 2 aliphatic heterocycles. The number of hydrogen-bond donors (Lipinski definition) is 2. The fraction of sp³-hybridized carbons (Fsp3) is 0.562. The van der Waals surface area contributed by atoms with E-state index in [1.54, 1.807) is 0 Å². The summed E-state index contributed by atoms with van der Waals surface area (Å²) >= 11 is 0. The average Bonchev–Trinajstić information content (AvgIpc) is 2.88. The summed E-state index contributed by atoms with van der Waals surface area (Å²) in [4.78, 5) is 13.9. The number of fused-ring (bicyclic) bond motifs is 1. The van der Waals surface area contributed by atoms with Crippen LogP contribution in [0, 0.1) is 5.92 Å². The molecule has 0 radical (unpaired) electrons. The predicted octanol–water partition coefficient (Wildman–Crippen LogP) is 1.54. The van der Waals surface area contributed by atoms with Crippen molar-refractivity contribution in [3.8, 4) is 0 Å². The summed E-state index contributed by atoms with van der Waals surface area (Å²) in [7, 11) is 0. The molecule has 20 heavy (non-hydrogen) atoms. The Morgan fingerprint density at radius 1 is 1.35 bits per heavy atom. The van der Waals surface area contributed by atoms with Crippen LogP contribution in [0.5, 0.6) is 0 Å². The molecule has 4 nitrogen and oxygen atoms in total. The van der Waals surface area contributed by atoms with Crippen molar-refractivity contribution in [2.24, 2.45) is 5.92 Å². The molecule has 0 bridgehead atoms. The van der Waals surface area contributed by atoms with Crippen molar-refractivity contribution in [3.63, 3.8) is 0 Å². The second-order valence-electron chi connectivity index (χ2n) is 5.98. The van der Waals surface area contributed by atoms with E-state index in [-0.39, 0.29) is 0 Å². The first kappa shape index (κ1) is 13.6. The lowest BCUT2D eigenvalue weighted by atomic mass is 9.94. The minimum atomic E-state index is -0.723. The summed E-state index contributed by atoms with van der Waals surface area (Å²) < 4.78 is 0. The van der Waals surface area contributed by atoms with Crippen molar-refractivity contribution >= 4 is 5.97 Å². The molecule has 0 spiro atoms. The van der Waals surface area contributed by atoms with E-state index in [2.05, 4.69) is 10.2 Å². The molecule has 2 heterocycles. The van der Waals surface area contributed by atoms with E-state index < -0.39 is 11.9 Å². The number of likely N-dealkylation sites (tertiary alicyclic amines) is 1. The number of benzene rings is 1. The summed E-state index contributed by atoms with van der Waals surface area (Å²) in [5.74, 6) is -0.440. The normalized spacial score (nSPS) is 28.0. The topological polar surface area (TPSA) is 52.6 Å². The fourth-order valence-corrected chi connectivity index (χ4v) is 3.55. The van der Waals surface area contributed by atoms with E-state index >= 15 is 0 Å². The van der Waals surface area contributed by atoms with E-state index in [0.717, 1.165) is 25.2 Å². The minimum absolute atomic E-state index is 0.420. The smallest absolute Gasteiger partial charge is 0.312 e. The van der Waals surface area contributed by atoms with Gasteiger partial charge in [0, 0.05) is 25.7 Å². The molecule has 2 saturated heterocycles. The van der Waals surface area contributed by atoms with Gasteiger partial charge < -0.3 is 15.3 Å². The third-order valence-electron chi connectivity index (χ3n) is 4.62. The van der Waals surface area contributed by atoms with Crippen LogP contribution in [0.4, 0.5) is 0 Å². The summed E-state index contributed by atoms with van der Waals surface area (Å²) in [6, 6.07) is 10.2. The Balaban J connectivity index is 1.67. The van der Waals surface area contributed by atoms with Gasteiger partial charge in [-0.15, -0.1) is 0 Å². The molecule has 0 aliphatic carbocycles. The lowest BCUT2D eigenvalue weighted by Gasteiger charge is -2.24. The molecule has 2 N–H and O–H groups in total. The van der Waals surface area contributed by atoms with Crippen molar-refractivity contribution in [3.05, 3.63) is 35.9 Å². The highest BCUT2D eigenvalue weighted by Gasteiger charge is 2.36. The van der Waals surface area contributed by atoms with Crippen LogP contribution in [0.15, 0.2) is 30.3 Å². The number of rotatable bonds is 4. The van der Waals surface area contributed by atoms with Crippen LogP contribution in [0.2, 0.25) is 0 Å². The number of nitrogens with one attached hydrogen (secondary N) is 1. The number of carboxylic acid groups (broad SMARTS) is 1. The molecule has 3 unspecified atom stereocenters. The summed E-state index contributed by atoms with van der Waals surface area (Å²) in [6.07, 6.45) is 2.52. The maximum atomic E-state index is 11.6. The van der Waals surface area contributed by atoms with Gasteiger partial charge in [0.1, 0.15) is 0 Å².